The predicted molar refractivity (Wildman–Crippen MR) is 111 cm³/mol. The van der Waals surface area contributed by atoms with Gasteiger partial charge in [0.2, 0.25) is 5.91 Å². The summed E-state index contributed by atoms with van der Waals surface area (Å²) in [6.07, 6.45) is 0.907. The van der Waals surface area contributed by atoms with E-state index < -0.39 is 0 Å². The van der Waals surface area contributed by atoms with Gasteiger partial charge in [-0.1, -0.05) is 52.0 Å². The molecule has 2 heterocycles. The number of carbonyl (C=O) groups is 1. The molecule has 1 N–H and O–H groups in total. The van der Waals surface area contributed by atoms with Crippen LogP contribution in [0.25, 0.3) is 0 Å². The van der Waals surface area contributed by atoms with E-state index in [1.54, 1.807) is 0 Å². The van der Waals surface area contributed by atoms with Crippen LogP contribution in [0.3, 0.4) is 0 Å². The van der Waals surface area contributed by atoms with Gasteiger partial charge >= 0.3 is 0 Å². The number of thioether (sulfide) groups is 1. The van der Waals surface area contributed by atoms with Crippen molar-refractivity contribution in [2.45, 2.75) is 50.2 Å². The lowest BCUT2D eigenvalue weighted by Gasteiger charge is -2.31. The highest BCUT2D eigenvalue weighted by Gasteiger charge is 2.39. The Balaban J connectivity index is 1.73. The fourth-order valence-corrected chi connectivity index (χ4v) is 5.10. The summed E-state index contributed by atoms with van der Waals surface area (Å²) in [5.41, 5.74) is 2.76. The van der Waals surface area contributed by atoms with Crippen LogP contribution in [0.2, 0.25) is 0 Å². The maximum Gasteiger partial charge on any atom is 0.236 e. The van der Waals surface area contributed by atoms with Crippen LogP contribution in [-0.4, -0.2) is 60.2 Å². The molecule has 1 aromatic carbocycles. The predicted octanol–water partition coefficient (Wildman–Crippen LogP) is 3.24. The Kier molecular flexibility index (Phi) is 6.31. The van der Waals surface area contributed by atoms with Crippen LogP contribution >= 0.6 is 11.8 Å². The fourth-order valence-electron chi connectivity index (χ4n) is 3.68. The van der Waals surface area contributed by atoms with Gasteiger partial charge in [-0.3, -0.25) is 9.69 Å². The summed E-state index contributed by atoms with van der Waals surface area (Å²) in [7, 11) is 0. The number of carbonyl (C=O) groups excluding carboxylic acids is 1. The van der Waals surface area contributed by atoms with Gasteiger partial charge in [0.05, 0.1) is 5.25 Å². The van der Waals surface area contributed by atoms with E-state index in [4.69, 9.17) is 0 Å². The largest absolute Gasteiger partial charge is 0.324 e. The molecule has 2 saturated heterocycles. The van der Waals surface area contributed by atoms with Crippen molar-refractivity contribution in [1.29, 1.82) is 0 Å². The van der Waals surface area contributed by atoms with Gasteiger partial charge in [0.1, 0.15) is 5.37 Å². The van der Waals surface area contributed by atoms with Crippen LogP contribution in [0.1, 0.15) is 50.6 Å². The molecule has 0 unspecified atom stereocenters. The molecule has 0 spiro atoms. The molecule has 1 amide bonds. The number of amides is 1. The van der Waals surface area contributed by atoms with E-state index in [0.717, 1.165) is 45.7 Å². The quantitative estimate of drug-likeness (QED) is 0.857. The summed E-state index contributed by atoms with van der Waals surface area (Å²) >= 11 is 1.83. The molecule has 2 atom stereocenters. The lowest BCUT2D eigenvalue weighted by atomic mass is 9.86. The highest BCUT2D eigenvalue weighted by Crippen LogP contribution is 2.44. The third kappa shape index (κ3) is 4.44. The van der Waals surface area contributed by atoms with Crippen LogP contribution < -0.4 is 5.32 Å². The molecule has 0 bridgehead atoms. The van der Waals surface area contributed by atoms with Gasteiger partial charge in [0, 0.05) is 39.3 Å². The zero-order valence-corrected chi connectivity index (χ0v) is 17.4. The molecule has 3 rings (SSSR count). The molecule has 0 radical (unpaired) electrons. The minimum absolute atomic E-state index is 0.102. The summed E-state index contributed by atoms with van der Waals surface area (Å²) in [5, 5.41) is 3.65. The highest BCUT2D eigenvalue weighted by atomic mass is 32.2. The maximum atomic E-state index is 12.9. The summed E-state index contributed by atoms with van der Waals surface area (Å²) in [6.45, 7) is 14.9. The van der Waals surface area contributed by atoms with Gasteiger partial charge in [0.15, 0.2) is 0 Å². The molecule has 4 nitrogen and oxygen atoms in total. The van der Waals surface area contributed by atoms with Gasteiger partial charge < -0.3 is 10.2 Å². The number of hydrogen-bond donors (Lipinski definition) is 1. The topological polar surface area (TPSA) is 35.6 Å². The molecular formula is C21H33N3OS. The molecule has 2 fully saturated rings. The minimum atomic E-state index is 0.102. The van der Waals surface area contributed by atoms with Crippen molar-refractivity contribution in [2.75, 3.05) is 39.3 Å². The maximum absolute atomic E-state index is 12.9. The van der Waals surface area contributed by atoms with Gasteiger partial charge in [-0.15, -0.1) is 11.8 Å². The SMILES string of the molecule is CC[C@@H]1S[C@H](c2ccc(C(C)(C)C)cc2)N(CCN2CCNCC2)C1=O. The number of nitrogens with zero attached hydrogens (tertiary/aromatic N) is 2. The third-order valence-corrected chi connectivity index (χ3v) is 7.08. The molecule has 1 aromatic rings. The molecule has 0 saturated carbocycles. The molecule has 0 aliphatic carbocycles. The first-order chi connectivity index (χ1) is 12.4. The van der Waals surface area contributed by atoms with E-state index in [0.29, 0.717) is 5.91 Å². The van der Waals surface area contributed by atoms with Gasteiger partial charge in [-0.25, -0.2) is 0 Å². The number of piperazine rings is 1. The summed E-state index contributed by atoms with van der Waals surface area (Å²) in [4.78, 5) is 17.5. The van der Waals surface area contributed by atoms with Crippen LogP contribution in [0.4, 0.5) is 0 Å². The Morgan fingerprint density at radius 2 is 1.77 bits per heavy atom. The molecule has 0 aromatic heterocycles. The summed E-state index contributed by atoms with van der Waals surface area (Å²) < 4.78 is 0. The van der Waals surface area contributed by atoms with Gasteiger partial charge in [-0.2, -0.15) is 0 Å². The Bertz CT molecular complexity index is 605. The van der Waals surface area contributed by atoms with Crippen LogP contribution in [0, 0.1) is 0 Å². The van der Waals surface area contributed by atoms with Crippen molar-refractivity contribution >= 4 is 17.7 Å². The van der Waals surface area contributed by atoms with E-state index in [9.17, 15) is 4.79 Å². The number of rotatable bonds is 5. The van der Waals surface area contributed by atoms with E-state index in [1.165, 1.54) is 11.1 Å². The van der Waals surface area contributed by atoms with Crippen molar-refractivity contribution < 1.29 is 4.79 Å². The zero-order chi connectivity index (χ0) is 18.7. The van der Waals surface area contributed by atoms with Crippen LogP contribution in [0.5, 0.6) is 0 Å². The molecular weight excluding hydrogens is 342 g/mol. The molecule has 5 heteroatoms. The standard InChI is InChI=1S/C21H33N3OS/c1-5-18-19(25)24(15-14-23-12-10-22-11-13-23)20(26-18)16-6-8-17(9-7-16)21(2,3)4/h6-9,18,20,22H,5,10-15H2,1-4H3/t18-,20+/m0/s1. The number of nitrogens with one attached hydrogen (secondary N) is 1. The second-order valence-electron chi connectivity index (χ2n) is 8.38. The molecule has 26 heavy (non-hydrogen) atoms. The van der Waals surface area contributed by atoms with Crippen molar-refractivity contribution in [1.82, 2.24) is 15.1 Å². The average molecular weight is 376 g/mol. The Morgan fingerprint density at radius 1 is 1.12 bits per heavy atom. The number of benzene rings is 1. The molecule has 144 valence electrons. The number of hydrogen-bond acceptors (Lipinski definition) is 4. The summed E-state index contributed by atoms with van der Waals surface area (Å²) in [5.74, 6) is 0.317. The fraction of sp³-hybridized carbons (Fsp3) is 0.667. The first-order valence-corrected chi connectivity index (χ1v) is 10.8. The Labute approximate surface area is 162 Å². The zero-order valence-electron chi connectivity index (χ0n) is 16.6. The van der Waals surface area contributed by atoms with Crippen LogP contribution in [0.15, 0.2) is 24.3 Å². The molecule has 2 aliphatic rings. The van der Waals surface area contributed by atoms with Crippen molar-refractivity contribution in [2.24, 2.45) is 0 Å². The lowest BCUT2D eigenvalue weighted by molar-refractivity contribution is -0.130. The van der Waals surface area contributed by atoms with E-state index >= 15 is 0 Å². The Hall–Kier alpha value is -1.04. The third-order valence-electron chi connectivity index (χ3n) is 5.43. The monoisotopic (exact) mass is 375 g/mol. The van der Waals surface area contributed by atoms with Crippen molar-refractivity contribution in [3.63, 3.8) is 0 Å². The Morgan fingerprint density at radius 3 is 2.35 bits per heavy atom. The molecule has 2 aliphatic heterocycles. The van der Waals surface area contributed by atoms with Crippen LogP contribution in [-0.2, 0) is 10.2 Å². The minimum Gasteiger partial charge on any atom is -0.324 e. The normalized spacial score (nSPS) is 25.1. The second kappa shape index (κ2) is 8.32. The second-order valence-corrected chi connectivity index (χ2v) is 9.67. The smallest absolute Gasteiger partial charge is 0.236 e. The van der Waals surface area contributed by atoms with E-state index in [-0.39, 0.29) is 16.0 Å². The lowest BCUT2D eigenvalue weighted by Crippen LogP contribution is -2.47. The first kappa shape index (κ1) is 19.7. The average Bonchev–Trinajstić information content (AvgIpc) is 2.96. The van der Waals surface area contributed by atoms with E-state index in [2.05, 4.69) is 67.1 Å². The summed E-state index contributed by atoms with van der Waals surface area (Å²) in [6, 6.07) is 8.91. The van der Waals surface area contributed by atoms with E-state index in [1.807, 2.05) is 11.8 Å². The van der Waals surface area contributed by atoms with Gasteiger partial charge in [-0.05, 0) is 23.0 Å². The first-order valence-electron chi connectivity index (χ1n) is 9.89. The van der Waals surface area contributed by atoms with Gasteiger partial charge in [0.25, 0.3) is 0 Å². The van der Waals surface area contributed by atoms with Crippen molar-refractivity contribution in [3.8, 4) is 0 Å². The highest BCUT2D eigenvalue weighted by molar-refractivity contribution is 8.01. The van der Waals surface area contributed by atoms with Crippen molar-refractivity contribution in [3.05, 3.63) is 35.4 Å².